The molecular formula is C9H14F6N3O6S2-. The lowest BCUT2D eigenvalue weighted by Gasteiger charge is -2.22. The standard InChI is InChI=1S/C7H14N2O2.C2F6NO4S2/c1-3-10-8-5-6-9(7-8)11-4-2;3-1(4,5)14(10,11)9-15(12,13)2(6,7)8/h5-6H,3-4,7H2,1-2H3;/q;-1. The molecule has 0 atom stereocenters. The van der Waals surface area contributed by atoms with Crippen molar-refractivity contribution in [3.63, 3.8) is 0 Å². The third kappa shape index (κ3) is 7.52. The lowest BCUT2D eigenvalue weighted by molar-refractivity contribution is -0.191. The average Bonchev–Trinajstić information content (AvgIpc) is 2.84. The molecule has 26 heavy (non-hydrogen) atoms. The minimum atomic E-state index is -6.72. The zero-order valence-corrected chi connectivity index (χ0v) is 14.8. The molecule has 1 rings (SSSR count). The highest BCUT2D eigenvalue weighted by Crippen LogP contribution is 2.36. The van der Waals surface area contributed by atoms with E-state index in [1.165, 1.54) is 0 Å². The second kappa shape index (κ2) is 9.07. The lowest BCUT2D eigenvalue weighted by atomic mass is 10.9. The molecule has 1 aliphatic heterocycles. The average molecular weight is 438 g/mol. The van der Waals surface area contributed by atoms with Crippen LogP contribution in [0.15, 0.2) is 12.4 Å². The monoisotopic (exact) mass is 438 g/mol. The van der Waals surface area contributed by atoms with Gasteiger partial charge in [-0.1, -0.05) is 0 Å². The third-order valence-corrected chi connectivity index (χ3v) is 4.79. The number of hydrogen-bond donors (Lipinski definition) is 0. The second-order valence-corrected chi connectivity index (χ2v) is 7.45. The van der Waals surface area contributed by atoms with Crippen LogP contribution in [-0.2, 0) is 29.7 Å². The molecule has 1 heterocycles. The number of sulfonamides is 2. The van der Waals surface area contributed by atoms with E-state index >= 15 is 0 Å². The van der Waals surface area contributed by atoms with E-state index in [9.17, 15) is 43.2 Å². The van der Waals surface area contributed by atoms with Gasteiger partial charge >= 0.3 is 11.0 Å². The molecule has 0 saturated heterocycles. The van der Waals surface area contributed by atoms with Gasteiger partial charge in [-0.2, -0.15) is 26.3 Å². The van der Waals surface area contributed by atoms with Crippen LogP contribution >= 0.6 is 0 Å². The van der Waals surface area contributed by atoms with Crippen LogP contribution in [-0.4, -0.2) is 57.9 Å². The Labute approximate surface area is 145 Å². The van der Waals surface area contributed by atoms with Crippen molar-refractivity contribution in [3.05, 3.63) is 16.5 Å². The molecule has 0 saturated carbocycles. The summed E-state index contributed by atoms with van der Waals surface area (Å²) in [6.07, 6.45) is 3.69. The molecule has 0 bridgehead atoms. The summed E-state index contributed by atoms with van der Waals surface area (Å²) < 4.78 is 109. The highest BCUT2D eigenvalue weighted by atomic mass is 32.3. The zero-order chi connectivity index (χ0) is 20.8. The number of hydroxylamine groups is 4. The van der Waals surface area contributed by atoms with Crippen LogP contribution in [0, 0.1) is 0 Å². The summed E-state index contributed by atoms with van der Waals surface area (Å²) in [5, 5.41) is 3.46. The largest absolute Gasteiger partial charge is 0.480 e. The predicted octanol–water partition coefficient (Wildman–Crippen LogP) is 2.00. The minimum Gasteiger partial charge on any atom is -0.421 e. The number of hydrogen-bond acceptors (Lipinski definition) is 8. The molecule has 0 radical (unpaired) electrons. The number of halogens is 6. The van der Waals surface area contributed by atoms with Gasteiger partial charge in [0.25, 0.3) is 0 Å². The third-order valence-electron chi connectivity index (χ3n) is 2.05. The second-order valence-electron chi connectivity index (χ2n) is 4.03. The van der Waals surface area contributed by atoms with Crippen molar-refractivity contribution in [1.82, 2.24) is 10.1 Å². The van der Waals surface area contributed by atoms with Gasteiger partial charge in [-0.15, -0.1) is 0 Å². The first-order valence-electron chi connectivity index (χ1n) is 6.41. The van der Waals surface area contributed by atoms with Gasteiger partial charge in [-0.25, -0.2) is 27.0 Å². The van der Waals surface area contributed by atoms with Gasteiger partial charge in [0.1, 0.15) is 6.67 Å². The molecule has 0 amide bonds. The van der Waals surface area contributed by atoms with Gasteiger partial charge in [0.05, 0.1) is 13.2 Å². The maximum Gasteiger partial charge on any atom is 0.480 e. The van der Waals surface area contributed by atoms with Crippen LogP contribution in [0.4, 0.5) is 26.3 Å². The highest BCUT2D eigenvalue weighted by molar-refractivity contribution is 8.13. The first-order chi connectivity index (χ1) is 11.6. The van der Waals surface area contributed by atoms with Gasteiger partial charge in [0, 0.05) is 12.4 Å². The Bertz CT molecular complexity index is 619. The smallest absolute Gasteiger partial charge is 0.421 e. The van der Waals surface area contributed by atoms with E-state index in [-0.39, 0.29) is 0 Å². The van der Waals surface area contributed by atoms with Crippen LogP contribution in [0.5, 0.6) is 0 Å². The molecule has 0 aromatic carbocycles. The topological polar surface area (TPSA) is 107 Å². The summed E-state index contributed by atoms with van der Waals surface area (Å²) in [4.78, 5) is 10.4. The Morgan fingerprint density at radius 3 is 1.38 bits per heavy atom. The Hall–Kier alpha value is -1.30. The molecule has 9 nitrogen and oxygen atoms in total. The molecule has 156 valence electrons. The van der Waals surface area contributed by atoms with Crippen LogP contribution < -0.4 is 0 Å². The predicted molar refractivity (Wildman–Crippen MR) is 74.2 cm³/mol. The number of alkyl halides is 6. The summed E-state index contributed by atoms with van der Waals surface area (Å²) in [6, 6.07) is 0. The highest BCUT2D eigenvalue weighted by Gasteiger charge is 2.46. The lowest BCUT2D eigenvalue weighted by Crippen LogP contribution is -2.30. The Balaban J connectivity index is 0.000000502. The van der Waals surface area contributed by atoms with E-state index in [1.54, 1.807) is 10.1 Å². The number of rotatable bonds is 6. The number of nitrogens with zero attached hydrogens (tertiary/aromatic N) is 3. The molecule has 0 N–H and O–H groups in total. The quantitative estimate of drug-likeness (QED) is 0.580. The Kier molecular flexibility index (Phi) is 8.61. The van der Waals surface area contributed by atoms with Crippen molar-refractivity contribution in [3.8, 4) is 0 Å². The maximum absolute atomic E-state index is 11.4. The first kappa shape index (κ1) is 24.7. The Morgan fingerprint density at radius 2 is 1.15 bits per heavy atom. The molecule has 0 aromatic heterocycles. The summed E-state index contributed by atoms with van der Waals surface area (Å²) in [6.45, 7) is 5.94. The van der Waals surface area contributed by atoms with Gasteiger partial charge in [-0.3, -0.25) is 9.68 Å². The van der Waals surface area contributed by atoms with Crippen LogP contribution in [0.1, 0.15) is 13.8 Å². The summed E-state index contributed by atoms with van der Waals surface area (Å²) >= 11 is 0. The molecule has 17 heteroatoms. The van der Waals surface area contributed by atoms with E-state index in [1.807, 2.05) is 26.2 Å². The molecule has 0 fully saturated rings. The van der Waals surface area contributed by atoms with Crippen molar-refractivity contribution in [2.45, 2.75) is 24.9 Å². The van der Waals surface area contributed by atoms with Gasteiger partial charge in [0.15, 0.2) is 20.0 Å². The molecule has 0 aliphatic carbocycles. The van der Waals surface area contributed by atoms with Crippen LogP contribution in [0.2, 0.25) is 0 Å². The van der Waals surface area contributed by atoms with E-state index in [0.717, 1.165) is 4.13 Å². The van der Waals surface area contributed by atoms with Crippen molar-refractivity contribution in [2.24, 2.45) is 0 Å². The molecule has 0 unspecified atom stereocenters. The van der Waals surface area contributed by atoms with E-state index in [4.69, 9.17) is 9.68 Å². The van der Waals surface area contributed by atoms with E-state index in [0.29, 0.717) is 19.9 Å². The normalized spacial score (nSPS) is 15.8. The fourth-order valence-corrected chi connectivity index (χ4v) is 2.80. The summed E-state index contributed by atoms with van der Waals surface area (Å²) in [5.74, 6) is 0. The van der Waals surface area contributed by atoms with Crippen LogP contribution in [0.25, 0.3) is 4.13 Å². The van der Waals surface area contributed by atoms with Gasteiger partial charge < -0.3 is 4.13 Å². The SMILES string of the molecule is CCON1C=CN(OCC)C1.O=S(=O)([N-]S(=O)(=O)C(F)(F)F)C(F)(F)F. The van der Waals surface area contributed by atoms with Crippen LogP contribution in [0.3, 0.4) is 0 Å². The zero-order valence-electron chi connectivity index (χ0n) is 13.2. The molecule has 0 aromatic rings. The Morgan fingerprint density at radius 1 is 0.846 bits per heavy atom. The van der Waals surface area contributed by atoms with E-state index in [2.05, 4.69) is 0 Å². The van der Waals surface area contributed by atoms with E-state index < -0.39 is 31.1 Å². The molecule has 0 spiro atoms. The summed E-state index contributed by atoms with van der Waals surface area (Å²) in [5.41, 5.74) is -12.4. The maximum atomic E-state index is 11.4. The van der Waals surface area contributed by atoms with Crippen molar-refractivity contribution < 1.29 is 52.9 Å². The molecule has 1 aliphatic rings. The fourth-order valence-electron chi connectivity index (χ4n) is 1.09. The van der Waals surface area contributed by atoms with Gasteiger partial charge in [0.2, 0.25) is 0 Å². The van der Waals surface area contributed by atoms with Gasteiger partial charge in [-0.05, 0) is 13.8 Å². The van der Waals surface area contributed by atoms with Crippen molar-refractivity contribution in [1.29, 1.82) is 0 Å². The summed E-state index contributed by atoms with van der Waals surface area (Å²) in [7, 11) is -13.4. The minimum absolute atomic E-state index is 0.654. The first-order valence-corrected chi connectivity index (χ1v) is 9.29. The fraction of sp³-hybridized carbons (Fsp3) is 0.778. The molecular weight excluding hydrogens is 424 g/mol. The van der Waals surface area contributed by atoms with Crippen molar-refractivity contribution >= 4 is 20.0 Å². The van der Waals surface area contributed by atoms with Crippen molar-refractivity contribution in [2.75, 3.05) is 19.9 Å².